The Kier molecular flexibility index (Phi) is 4.39. The van der Waals surface area contributed by atoms with Gasteiger partial charge >= 0.3 is 0 Å². The lowest BCUT2D eigenvalue weighted by Gasteiger charge is -2.28. The molecule has 0 bridgehead atoms. The highest BCUT2D eigenvalue weighted by Gasteiger charge is 2.38. The first kappa shape index (κ1) is 15.3. The molecule has 2 N–H and O–H groups in total. The zero-order valence-corrected chi connectivity index (χ0v) is 13.0. The number of hydrogen-bond donors (Lipinski definition) is 1. The highest BCUT2D eigenvalue weighted by molar-refractivity contribution is 7.89. The van der Waals surface area contributed by atoms with Crippen molar-refractivity contribution in [1.29, 1.82) is 0 Å². The van der Waals surface area contributed by atoms with Gasteiger partial charge in [-0.3, -0.25) is 0 Å². The Morgan fingerprint density at radius 1 is 1.25 bits per heavy atom. The third-order valence-corrected chi connectivity index (χ3v) is 5.05. The molecule has 112 valence electrons. The van der Waals surface area contributed by atoms with Gasteiger partial charge in [0.1, 0.15) is 5.75 Å². The van der Waals surface area contributed by atoms with E-state index in [1.165, 1.54) is 5.56 Å². The van der Waals surface area contributed by atoms with Crippen molar-refractivity contribution in [1.82, 2.24) is 0 Å². The summed E-state index contributed by atoms with van der Waals surface area (Å²) in [4.78, 5) is 0. The Labute approximate surface area is 121 Å². The molecule has 20 heavy (non-hydrogen) atoms. The van der Waals surface area contributed by atoms with Gasteiger partial charge in [0.25, 0.3) is 0 Å². The molecule has 0 aromatic heterocycles. The molecule has 1 aliphatic rings. The monoisotopic (exact) mass is 297 g/mol. The molecule has 0 saturated heterocycles. The average molecular weight is 297 g/mol. The number of hydrogen-bond acceptors (Lipinski definition) is 3. The number of sulfonamides is 1. The third-order valence-electron chi connectivity index (χ3n) is 4.04. The Balaban J connectivity index is 2.09. The molecule has 4 nitrogen and oxygen atoms in total. The van der Waals surface area contributed by atoms with E-state index in [9.17, 15) is 8.42 Å². The minimum atomic E-state index is -3.47. The molecule has 1 fully saturated rings. The van der Waals surface area contributed by atoms with Crippen LogP contribution in [0.15, 0.2) is 18.2 Å². The number of benzene rings is 1. The zero-order chi connectivity index (χ0) is 14.8. The molecule has 1 aromatic rings. The largest absolute Gasteiger partial charge is 0.493 e. The van der Waals surface area contributed by atoms with Gasteiger partial charge in [-0.05, 0) is 38.3 Å². The van der Waals surface area contributed by atoms with E-state index < -0.39 is 10.0 Å². The highest BCUT2D eigenvalue weighted by atomic mass is 32.2. The molecule has 0 amide bonds. The predicted octanol–water partition coefficient (Wildman–Crippen LogP) is 2.53. The molecule has 2 rings (SSSR count). The fraction of sp³-hybridized carbons (Fsp3) is 0.600. The maximum atomic E-state index is 11.4. The van der Waals surface area contributed by atoms with Crippen LogP contribution in [0.4, 0.5) is 0 Å². The van der Waals surface area contributed by atoms with Crippen molar-refractivity contribution >= 4 is 10.0 Å². The zero-order valence-electron chi connectivity index (χ0n) is 12.2. The van der Waals surface area contributed by atoms with E-state index in [0.717, 1.165) is 37.0 Å². The molecule has 0 aliphatic heterocycles. The van der Waals surface area contributed by atoms with Gasteiger partial charge in [0, 0.05) is 5.41 Å². The van der Waals surface area contributed by atoms with Crippen molar-refractivity contribution in [3.63, 3.8) is 0 Å². The maximum Gasteiger partial charge on any atom is 0.209 e. The van der Waals surface area contributed by atoms with Gasteiger partial charge in [-0.25, -0.2) is 13.6 Å². The van der Waals surface area contributed by atoms with Crippen molar-refractivity contribution in [3.8, 4) is 5.75 Å². The highest BCUT2D eigenvalue weighted by Crippen LogP contribution is 2.39. The minimum absolute atomic E-state index is 0.0188. The predicted molar refractivity (Wildman–Crippen MR) is 80.3 cm³/mol. The van der Waals surface area contributed by atoms with E-state index in [1.807, 2.05) is 26.0 Å². The van der Waals surface area contributed by atoms with Gasteiger partial charge < -0.3 is 4.74 Å². The number of ether oxygens (including phenoxy) is 1. The summed E-state index contributed by atoms with van der Waals surface area (Å²) in [5.41, 5.74) is 1.95. The quantitative estimate of drug-likeness (QED) is 0.908. The number of nitrogens with two attached hydrogens (primary N) is 1. The van der Waals surface area contributed by atoms with E-state index >= 15 is 0 Å². The SMILES string of the molecule is Cc1ccc(OCC2(CS(N)(=O)=O)CCCC2)c(C)c1. The van der Waals surface area contributed by atoms with Crippen LogP contribution >= 0.6 is 0 Å². The molecule has 1 aromatic carbocycles. The van der Waals surface area contributed by atoms with Gasteiger partial charge in [0.2, 0.25) is 10.0 Å². The van der Waals surface area contributed by atoms with Crippen LogP contribution in [0.2, 0.25) is 0 Å². The van der Waals surface area contributed by atoms with Crippen molar-refractivity contribution in [2.75, 3.05) is 12.4 Å². The van der Waals surface area contributed by atoms with E-state index in [4.69, 9.17) is 9.88 Å². The van der Waals surface area contributed by atoms with Crippen LogP contribution < -0.4 is 9.88 Å². The molecular weight excluding hydrogens is 274 g/mol. The van der Waals surface area contributed by atoms with Crippen LogP contribution in [0.5, 0.6) is 5.75 Å². The van der Waals surface area contributed by atoms with E-state index in [1.54, 1.807) is 0 Å². The average Bonchev–Trinajstić information content (AvgIpc) is 2.74. The number of aryl methyl sites for hydroxylation is 2. The summed E-state index contributed by atoms with van der Waals surface area (Å²) in [5.74, 6) is 0.849. The van der Waals surface area contributed by atoms with E-state index in [0.29, 0.717) is 6.61 Å². The van der Waals surface area contributed by atoms with E-state index in [-0.39, 0.29) is 11.2 Å². The van der Waals surface area contributed by atoms with Gasteiger partial charge in [-0.1, -0.05) is 30.5 Å². The van der Waals surface area contributed by atoms with Crippen LogP contribution in [-0.4, -0.2) is 20.8 Å². The molecule has 0 unspecified atom stereocenters. The van der Waals surface area contributed by atoms with Gasteiger partial charge in [-0.2, -0.15) is 0 Å². The topological polar surface area (TPSA) is 69.4 Å². The summed E-state index contributed by atoms with van der Waals surface area (Å²) in [6, 6.07) is 6.02. The van der Waals surface area contributed by atoms with Crippen LogP contribution in [0.1, 0.15) is 36.8 Å². The minimum Gasteiger partial charge on any atom is -0.493 e. The van der Waals surface area contributed by atoms with Crippen molar-refractivity contribution in [3.05, 3.63) is 29.3 Å². The summed E-state index contributed by atoms with van der Waals surface area (Å²) in [6.07, 6.45) is 3.83. The lowest BCUT2D eigenvalue weighted by molar-refractivity contribution is 0.169. The fourth-order valence-corrected chi connectivity index (χ4v) is 4.30. The summed E-state index contributed by atoms with van der Waals surface area (Å²) < 4.78 is 28.8. The Morgan fingerprint density at radius 2 is 1.90 bits per heavy atom. The van der Waals surface area contributed by atoms with Crippen LogP contribution in [0.25, 0.3) is 0 Å². The Morgan fingerprint density at radius 3 is 2.45 bits per heavy atom. The van der Waals surface area contributed by atoms with Crippen LogP contribution in [0, 0.1) is 19.3 Å². The fourth-order valence-electron chi connectivity index (χ4n) is 3.07. The summed E-state index contributed by atoms with van der Waals surface area (Å²) in [6.45, 7) is 4.47. The Hall–Kier alpha value is -1.07. The lowest BCUT2D eigenvalue weighted by Crippen LogP contribution is -2.36. The second kappa shape index (κ2) is 5.74. The van der Waals surface area contributed by atoms with Gasteiger partial charge in [0.05, 0.1) is 12.4 Å². The summed E-state index contributed by atoms with van der Waals surface area (Å²) in [5, 5.41) is 5.24. The van der Waals surface area contributed by atoms with Crippen molar-refractivity contribution in [2.24, 2.45) is 10.6 Å². The molecule has 1 aliphatic carbocycles. The van der Waals surface area contributed by atoms with Crippen molar-refractivity contribution in [2.45, 2.75) is 39.5 Å². The molecule has 0 heterocycles. The van der Waals surface area contributed by atoms with Gasteiger partial charge in [0.15, 0.2) is 0 Å². The first-order chi connectivity index (χ1) is 9.30. The van der Waals surface area contributed by atoms with E-state index in [2.05, 4.69) is 6.07 Å². The smallest absolute Gasteiger partial charge is 0.209 e. The lowest BCUT2D eigenvalue weighted by atomic mass is 9.90. The van der Waals surface area contributed by atoms with Crippen LogP contribution in [0.3, 0.4) is 0 Å². The molecule has 1 saturated carbocycles. The maximum absolute atomic E-state index is 11.4. The normalized spacial score (nSPS) is 18.1. The molecule has 5 heteroatoms. The Bertz CT molecular complexity index is 575. The first-order valence-corrected chi connectivity index (χ1v) is 8.72. The number of rotatable bonds is 5. The van der Waals surface area contributed by atoms with Crippen LogP contribution in [-0.2, 0) is 10.0 Å². The second-order valence-corrected chi connectivity index (χ2v) is 7.69. The van der Waals surface area contributed by atoms with Gasteiger partial charge in [-0.15, -0.1) is 0 Å². The number of primary sulfonamides is 1. The first-order valence-electron chi connectivity index (χ1n) is 7.00. The standard InChI is InChI=1S/C15H23NO3S/c1-12-5-6-14(13(2)9-12)19-10-15(7-3-4-8-15)11-20(16,17)18/h5-6,9H,3-4,7-8,10-11H2,1-2H3,(H2,16,17,18). The molecular formula is C15H23NO3S. The van der Waals surface area contributed by atoms with Crippen molar-refractivity contribution < 1.29 is 13.2 Å². The summed E-state index contributed by atoms with van der Waals surface area (Å²) >= 11 is 0. The third kappa shape index (κ3) is 3.96. The second-order valence-electron chi connectivity index (χ2n) is 6.07. The summed E-state index contributed by atoms with van der Waals surface area (Å²) in [7, 11) is -3.47. The molecule has 0 radical (unpaired) electrons. The molecule has 0 atom stereocenters. The molecule has 0 spiro atoms.